The van der Waals surface area contributed by atoms with Gasteiger partial charge in [-0.15, -0.1) is 0 Å². The molecule has 1 atom stereocenters. The summed E-state index contributed by atoms with van der Waals surface area (Å²) >= 11 is 3.48. The molecule has 0 unspecified atom stereocenters. The van der Waals surface area contributed by atoms with Crippen LogP contribution in [0.3, 0.4) is 0 Å². The van der Waals surface area contributed by atoms with Gasteiger partial charge >= 0.3 is 0 Å². The lowest BCUT2D eigenvalue weighted by molar-refractivity contribution is 0.613. The first-order valence-corrected chi connectivity index (χ1v) is 13.1. The molecule has 0 aliphatic carbocycles. The molecule has 0 amide bonds. The average Bonchev–Trinajstić information content (AvgIpc) is 3.14. The van der Waals surface area contributed by atoms with Crippen molar-refractivity contribution in [3.63, 3.8) is 0 Å². The van der Waals surface area contributed by atoms with Crippen molar-refractivity contribution in [2.24, 2.45) is 5.10 Å². The normalized spacial score (nSPS) is 12.7. The van der Waals surface area contributed by atoms with E-state index in [1.165, 1.54) is 15.8 Å². The largest absolute Gasteiger partial charge is 0.340 e. The van der Waals surface area contributed by atoms with E-state index >= 15 is 0 Å². The number of benzene rings is 3. The monoisotopic (exact) mass is 540 g/mol. The van der Waals surface area contributed by atoms with Crippen LogP contribution in [-0.4, -0.2) is 20.4 Å². The number of nitrogens with zero attached hydrogens (tertiary/aromatic N) is 4. The van der Waals surface area contributed by atoms with Crippen molar-refractivity contribution in [3.8, 4) is 0 Å². The lowest BCUT2D eigenvalue weighted by atomic mass is 10.1. The molecular weight excluding hydrogens is 512 g/mol. The number of aryl methyl sites for hydroxylation is 1. The average molecular weight is 541 g/mol. The third kappa shape index (κ3) is 4.42. The maximum absolute atomic E-state index is 13.6. The van der Waals surface area contributed by atoms with Gasteiger partial charge in [0, 0.05) is 39.1 Å². The molecule has 36 heavy (non-hydrogen) atoms. The molecule has 5 rings (SSSR count). The van der Waals surface area contributed by atoms with Gasteiger partial charge in [-0.05, 0) is 50.1 Å². The molecule has 0 spiro atoms. The summed E-state index contributed by atoms with van der Waals surface area (Å²) in [6, 6.07) is 22.6. The van der Waals surface area contributed by atoms with E-state index in [0.29, 0.717) is 16.7 Å². The van der Waals surface area contributed by atoms with Crippen molar-refractivity contribution in [2.75, 3.05) is 0 Å². The van der Waals surface area contributed by atoms with Crippen molar-refractivity contribution >= 4 is 44.0 Å². The molecule has 0 aliphatic heterocycles. The van der Waals surface area contributed by atoms with Crippen LogP contribution in [0.15, 0.2) is 81.1 Å². The Morgan fingerprint density at radius 2 is 1.83 bits per heavy atom. The minimum atomic E-state index is -0.158. The smallest absolute Gasteiger partial charge is 0.282 e. The first-order valence-electron chi connectivity index (χ1n) is 12.3. The Hall–Kier alpha value is -3.51. The lowest BCUT2D eigenvalue weighted by Crippen LogP contribution is -2.23. The molecule has 5 aromatic rings. The molecule has 6 heteroatoms. The first-order chi connectivity index (χ1) is 17.4. The summed E-state index contributed by atoms with van der Waals surface area (Å²) in [6.07, 6.45) is 2.68. The fourth-order valence-corrected chi connectivity index (χ4v) is 5.07. The van der Waals surface area contributed by atoms with Gasteiger partial charge in [0.1, 0.15) is 5.82 Å². The van der Waals surface area contributed by atoms with E-state index in [1.807, 2.05) is 30.5 Å². The molecule has 5 nitrogen and oxygen atoms in total. The van der Waals surface area contributed by atoms with Crippen molar-refractivity contribution < 1.29 is 0 Å². The maximum Gasteiger partial charge on any atom is 0.282 e. The van der Waals surface area contributed by atoms with Crippen LogP contribution in [0.1, 0.15) is 54.4 Å². The van der Waals surface area contributed by atoms with Crippen LogP contribution in [-0.2, 0) is 6.54 Å². The molecule has 0 radical (unpaired) electrons. The number of rotatable bonds is 6. The van der Waals surface area contributed by atoms with Crippen LogP contribution in [0.2, 0.25) is 0 Å². The quantitative estimate of drug-likeness (QED) is 0.214. The van der Waals surface area contributed by atoms with Crippen LogP contribution in [0, 0.1) is 13.8 Å². The molecular formula is C30H29BrN4O. The van der Waals surface area contributed by atoms with Crippen molar-refractivity contribution in [2.45, 2.75) is 46.6 Å². The van der Waals surface area contributed by atoms with Gasteiger partial charge in [-0.25, -0.2) is 4.98 Å². The number of para-hydroxylation sites is 1. The molecule has 182 valence electrons. The highest BCUT2D eigenvalue weighted by atomic mass is 79.9. The number of fused-ring (bicyclic) bond motifs is 2. The second kappa shape index (κ2) is 9.86. The van der Waals surface area contributed by atoms with E-state index in [9.17, 15) is 4.79 Å². The SMILES string of the molecule is CC[C@H](C)c1nc2ccc(Br)cc2c(=O)n1N=Cc1c(C)n(Cc2cccc(C)c2)c2ccccc12. The third-order valence-electron chi connectivity index (χ3n) is 6.89. The van der Waals surface area contributed by atoms with Gasteiger partial charge in [-0.2, -0.15) is 9.78 Å². The Balaban J connectivity index is 1.67. The van der Waals surface area contributed by atoms with Crippen molar-refractivity contribution in [3.05, 3.63) is 110 Å². The highest BCUT2D eigenvalue weighted by Crippen LogP contribution is 2.26. The van der Waals surface area contributed by atoms with E-state index in [1.54, 1.807) is 0 Å². The van der Waals surface area contributed by atoms with Gasteiger partial charge in [0.05, 0.1) is 17.1 Å². The minimum absolute atomic E-state index is 0.0895. The summed E-state index contributed by atoms with van der Waals surface area (Å²) in [6.45, 7) is 9.18. The summed E-state index contributed by atoms with van der Waals surface area (Å²) in [5, 5.41) is 6.42. The molecule has 0 N–H and O–H groups in total. The zero-order chi connectivity index (χ0) is 25.4. The molecule has 2 heterocycles. The summed E-state index contributed by atoms with van der Waals surface area (Å²) in [7, 11) is 0. The van der Waals surface area contributed by atoms with E-state index in [4.69, 9.17) is 10.1 Å². The zero-order valence-corrected chi connectivity index (χ0v) is 22.6. The Labute approximate surface area is 219 Å². The van der Waals surface area contributed by atoms with E-state index < -0.39 is 0 Å². The molecule has 0 saturated heterocycles. The Kier molecular flexibility index (Phi) is 6.63. The lowest BCUT2D eigenvalue weighted by Gasteiger charge is -2.14. The fraction of sp³-hybridized carbons (Fsp3) is 0.233. The van der Waals surface area contributed by atoms with Crippen LogP contribution in [0.25, 0.3) is 21.8 Å². The Morgan fingerprint density at radius 1 is 1.03 bits per heavy atom. The van der Waals surface area contributed by atoms with Gasteiger partial charge < -0.3 is 4.57 Å². The standard InChI is InChI=1S/C30H29BrN4O/c1-5-20(3)29-33-27-14-13-23(31)16-25(27)30(36)35(29)32-17-26-21(4)34(28-12-7-6-11-24(26)28)18-22-10-8-9-19(2)15-22/h6-17,20H,5,18H2,1-4H3/t20-/m0/s1. The van der Waals surface area contributed by atoms with Gasteiger partial charge in [0.15, 0.2) is 0 Å². The second-order valence-corrected chi connectivity index (χ2v) is 10.3. The maximum atomic E-state index is 13.6. The Morgan fingerprint density at radius 3 is 2.61 bits per heavy atom. The predicted molar refractivity (Wildman–Crippen MR) is 152 cm³/mol. The molecule has 0 aliphatic rings. The zero-order valence-electron chi connectivity index (χ0n) is 21.0. The molecule has 3 aromatic carbocycles. The minimum Gasteiger partial charge on any atom is -0.340 e. The van der Waals surface area contributed by atoms with Gasteiger partial charge in [-0.3, -0.25) is 4.79 Å². The summed E-state index contributed by atoms with van der Waals surface area (Å²) in [4.78, 5) is 18.4. The number of hydrogen-bond acceptors (Lipinski definition) is 3. The van der Waals surface area contributed by atoms with Crippen LogP contribution in [0.5, 0.6) is 0 Å². The summed E-state index contributed by atoms with van der Waals surface area (Å²) < 4.78 is 4.64. The topological polar surface area (TPSA) is 52.2 Å². The fourth-order valence-electron chi connectivity index (χ4n) is 4.71. The van der Waals surface area contributed by atoms with E-state index in [-0.39, 0.29) is 11.5 Å². The van der Waals surface area contributed by atoms with Gasteiger partial charge in [0.25, 0.3) is 5.56 Å². The third-order valence-corrected chi connectivity index (χ3v) is 7.38. The van der Waals surface area contributed by atoms with E-state index in [2.05, 4.69) is 90.7 Å². The van der Waals surface area contributed by atoms with Crippen molar-refractivity contribution in [1.29, 1.82) is 0 Å². The molecule has 0 fully saturated rings. The molecule has 2 aromatic heterocycles. The highest BCUT2D eigenvalue weighted by Gasteiger charge is 2.17. The highest BCUT2D eigenvalue weighted by molar-refractivity contribution is 9.10. The number of halogens is 1. The van der Waals surface area contributed by atoms with E-state index in [0.717, 1.165) is 39.6 Å². The second-order valence-electron chi connectivity index (χ2n) is 9.39. The number of aromatic nitrogens is 3. The molecule has 0 bridgehead atoms. The predicted octanol–water partition coefficient (Wildman–Crippen LogP) is 7.17. The molecule has 0 saturated carbocycles. The van der Waals surface area contributed by atoms with Crippen molar-refractivity contribution in [1.82, 2.24) is 14.2 Å². The van der Waals surface area contributed by atoms with Crippen LogP contribution < -0.4 is 5.56 Å². The Bertz CT molecular complexity index is 1680. The first kappa shape index (κ1) is 24.2. The van der Waals surface area contributed by atoms with Gasteiger partial charge in [-0.1, -0.05) is 77.8 Å². The van der Waals surface area contributed by atoms with Crippen LogP contribution in [0.4, 0.5) is 0 Å². The van der Waals surface area contributed by atoms with Crippen LogP contribution >= 0.6 is 15.9 Å². The van der Waals surface area contributed by atoms with Gasteiger partial charge in [0.2, 0.25) is 0 Å². The summed E-state index contributed by atoms with van der Waals surface area (Å²) in [5.41, 5.74) is 6.29. The summed E-state index contributed by atoms with van der Waals surface area (Å²) in [5.74, 6) is 0.765. The number of hydrogen-bond donors (Lipinski definition) is 0.